The number of anilines is 2. The van der Waals surface area contributed by atoms with Gasteiger partial charge in [-0.05, 0) is 45.0 Å². The summed E-state index contributed by atoms with van der Waals surface area (Å²) in [5.41, 5.74) is 4.67. The van der Waals surface area contributed by atoms with Crippen LogP contribution in [0, 0.1) is 13.8 Å². The molecule has 5 heterocycles. The number of benzene rings is 1. The first-order valence-electron chi connectivity index (χ1n) is 10.7. The van der Waals surface area contributed by atoms with Crippen molar-refractivity contribution in [2.45, 2.75) is 26.9 Å². The van der Waals surface area contributed by atoms with E-state index in [9.17, 15) is 0 Å². The Morgan fingerprint density at radius 3 is 2.73 bits per heavy atom. The molecule has 1 unspecified atom stereocenters. The molecule has 5 aromatic rings. The van der Waals surface area contributed by atoms with Gasteiger partial charge < -0.3 is 20.4 Å². The monoisotopic (exact) mass is 441 g/mol. The van der Waals surface area contributed by atoms with Crippen LogP contribution in [0.5, 0.6) is 5.75 Å². The van der Waals surface area contributed by atoms with Crippen molar-refractivity contribution in [1.29, 1.82) is 0 Å². The van der Waals surface area contributed by atoms with Crippen LogP contribution in [0.4, 0.5) is 11.5 Å². The molecule has 4 aromatic heterocycles. The van der Waals surface area contributed by atoms with Crippen LogP contribution in [0.1, 0.15) is 24.1 Å². The molecule has 1 atom stereocenters. The SMILES string of the molecule is COc1cc2c3c([nH]c2cc1-n1c(C)nnc1C)NC(C)N=C3Nc1cnn2ccccc12. The highest BCUT2D eigenvalue weighted by molar-refractivity contribution is 6.21. The molecule has 0 spiro atoms. The van der Waals surface area contributed by atoms with Gasteiger partial charge >= 0.3 is 0 Å². The topological polar surface area (TPSA) is 109 Å². The van der Waals surface area contributed by atoms with Crippen LogP contribution in [0.25, 0.3) is 22.1 Å². The number of amidine groups is 1. The number of nitrogens with zero attached hydrogens (tertiary/aromatic N) is 6. The minimum absolute atomic E-state index is 0.0985. The van der Waals surface area contributed by atoms with E-state index in [0.29, 0.717) is 0 Å². The van der Waals surface area contributed by atoms with Crippen LogP contribution in [-0.2, 0) is 0 Å². The number of aromatic nitrogens is 6. The van der Waals surface area contributed by atoms with Crippen LogP contribution in [-0.4, -0.2) is 48.5 Å². The summed E-state index contributed by atoms with van der Waals surface area (Å²) in [7, 11) is 1.67. The molecule has 0 saturated heterocycles. The molecule has 0 radical (unpaired) electrons. The van der Waals surface area contributed by atoms with Gasteiger partial charge in [-0.2, -0.15) is 5.10 Å². The van der Waals surface area contributed by atoms with E-state index in [1.807, 2.05) is 66.5 Å². The number of aryl methyl sites for hydroxylation is 2. The maximum absolute atomic E-state index is 5.78. The first kappa shape index (κ1) is 19.4. The van der Waals surface area contributed by atoms with E-state index < -0.39 is 0 Å². The first-order valence-corrected chi connectivity index (χ1v) is 10.7. The molecule has 3 N–H and O–H groups in total. The number of hydrogen-bond donors (Lipinski definition) is 3. The maximum atomic E-state index is 5.78. The summed E-state index contributed by atoms with van der Waals surface area (Å²) in [6.45, 7) is 5.87. The second-order valence-corrected chi connectivity index (χ2v) is 8.09. The number of fused-ring (bicyclic) bond motifs is 4. The lowest BCUT2D eigenvalue weighted by Gasteiger charge is -2.21. The minimum Gasteiger partial charge on any atom is -0.495 e. The number of pyridine rings is 1. The van der Waals surface area contributed by atoms with Gasteiger partial charge in [-0.1, -0.05) is 6.07 Å². The quantitative estimate of drug-likeness (QED) is 0.394. The number of H-pyrrole nitrogens is 1. The summed E-state index contributed by atoms with van der Waals surface area (Å²) in [5, 5.41) is 20.8. The number of methoxy groups -OCH3 is 1. The van der Waals surface area contributed by atoms with Gasteiger partial charge in [0.2, 0.25) is 0 Å². The van der Waals surface area contributed by atoms with Crippen LogP contribution >= 0.6 is 0 Å². The predicted molar refractivity (Wildman–Crippen MR) is 128 cm³/mol. The van der Waals surface area contributed by atoms with E-state index in [1.54, 1.807) is 7.11 Å². The largest absolute Gasteiger partial charge is 0.495 e. The van der Waals surface area contributed by atoms with E-state index in [1.165, 1.54) is 0 Å². The first-order chi connectivity index (χ1) is 16.0. The van der Waals surface area contributed by atoms with Gasteiger partial charge in [0, 0.05) is 11.6 Å². The molecule has 0 saturated carbocycles. The molecule has 1 aliphatic heterocycles. The summed E-state index contributed by atoms with van der Waals surface area (Å²) >= 11 is 0. The molecule has 0 bridgehead atoms. The zero-order chi connectivity index (χ0) is 22.7. The fraction of sp³-hybridized carbons (Fsp3) is 0.217. The summed E-state index contributed by atoms with van der Waals surface area (Å²) in [6.07, 6.45) is 3.64. The summed E-state index contributed by atoms with van der Waals surface area (Å²) in [6, 6.07) is 10.1. The van der Waals surface area contributed by atoms with Crippen molar-refractivity contribution in [3.8, 4) is 11.4 Å². The molecule has 166 valence electrons. The fourth-order valence-corrected chi connectivity index (χ4v) is 4.47. The molecule has 1 aliphatic rings. The minimum atomic E-state index is -0.0985. The molecule has 6 rings (SSSR count). The van der Waals surface area contributed by atoms with Crippen molar-refractivity contribution in [2.75, 3.05) is 17.7 Å². The Morgan fingerprint density at radius 1 is 1.12 bits per heavy atom. The van der Waals surface area contributed by atoms with Crippen molar-refractivity contribution >= 4 is 33.8 Å². The number of nitrogens with one attached hydrogen (secondary N) is 3. The highest BCUT2D eigenvalue weighted by Gasteiger charge is 2.26. The zero-order valence-electron chi connectivity index (χ0n) is 18.7. The third kappa shape index (κ3) is 2.94. The molecule has 0 fully saturated rings. The predicted octanol–water partition coefficient (Wildman–Crippen LogP) is 3.65. The Morgan fingerprint density at radius 2 is 1.94 bits per heavy atom. The molecule has 10 heteroatoms. The van der Waals surface area contributed by atoms with Crippen molar-refractivity contribution in [1.82, 2.24) is 29.4 Å². The average Bonchev–Trinajstić information content (AvgIpc) is 3.47. The van der Waals surface area contributed by atoms with Gasteiger partial charge in [-0.3, -0.25) is 4.57 Å². The second-order valence-electron chi connectivity index (χ2n) is 8.09. The Balaban J connectivity index is 1.51. The van der Waals surface area contributed by atoms with Gasteiger partial charge in [0.05, 0.1) is 41.3 Å². The summed E-state index contributed by atoms with van der Waals surface area (Å²) in [4.78, 5) is 8.38. The van der Waals surface area contributed by atoms with Gasteiger partial charge in [-0.15, -0.1) is 10.2 Å². The van der Waals surface area contributed by atoms with Crippen molar-refractivity contribution in [3.05, 3.63) is 59.9 Å². The molecular formula is C23H23N9O. The van der Waals surface area contributed by atoms with E-state index in [4.69, 9.17) is 9.73 Å². The van der Waals surface area contributed by atoms with Gasteiger partial charge in [0.15, 0.2) is 0 Å². The summed E-state index contributed by atoms with van der Waals surface area (Å²) < 4.78 is 9.61. The number of aliphatic imine (C=N–C) groups is 1. The highest BCUT2D eigenvalue weighted by atomic mass is 16.5. The van der Waals surface area contributed by atoms with E-state index >= 15 is 0 Å². The van der Waals surface area contributed by atoms with Gasteiger partial charge in [0.25, 0.3) is 0 Å². The second kappa shape index (κ2) is 7.09. The van der Waals surface area contributed by atoms with Crippen LogP contribution in [0.3, 0.4) is 0 Å². The number of ether oxygens (including phenoxy) is 1. The van der Waals surface area contributed by atoms with Crippen molar-refractivity contribution in [2.24, 2.45) is 4.99 Å². The normalized spacial score (nSPS) is 15.4. The fourth-order valence-electron chi connectivity index (χ4n) is 4.47. The molecule has 1 aromatic carbocycles. The standard InChI is InChI=1S/C23H23N9O/c1-12-25-22-21(23(26-12)28-17-11-24-31-8-6-5-7-18(17)31)15-9-20(33-4)19(10-16(15)27-22)32-13(2)29-30-14(32)3/h5-12,25,27H,1-4H3,(H,26,28). The van der Waals surface area contributed by atoms with Crippen molar-refractivity contribution < 1.29 is 4.74 Å². The highest BCUT2D eigenvalue weighted by Crippen LogP contribution is 2.37. The molecule has 0 aliphatic carbocycles. The van der Waals surface area contributed by atoms with Crippen LogP contribution < -0.4 is 15.4 Å². The van der Waals surface area contributed by atoms with Crippen molar-refractivity contribution in [3.63, 3.8) is 0 Å². The molecule has 10 nitrogen and oxygen atoms in total. The lowest BCUT2D eigenvalue weighted by Crippen LogP contribution is -2.27. The third-order valence-electron chi connectivity index (χ3n) is 5.92. The number of rotatable bonds is 3. The number of aromatic amines is 1. The molecule has 0 amide bonds. The Kier molecular flexibility index (Phi) is 4.16. The van der Waals surface area contributed by atoms with Gasteiger partial charge in [0.1, 0.15) is 35.2 Å². The van der Waals surface area contributed by atoms with E-state index in [-0.39, 0.29) is 6.17 Å². The van der Waals surface area contributed by atoms with E-state index in [0.717, 1.165) is 62.4 Å². The number of hydrogen-bond acceptors (Lipinski definition) is 7. The molecular weight excluding hydrogens is 418 g/mol. The Labute approximate surface area is 189 Å². The lowest BCUT2D eigenvalue weighted by atomic mass is 10.1. The van der Waals surface area contributed by atoms with Crippen LogP contribution in [0.15, 0.2) is 47.7 Å². The zero-order valence-corrected chi connectivity index (χ0v) is 18.7. The van der Waals surface area contributed by atoms with Crippen LogP contribution in [0.2, 0.25) is 0 Å². The molecule has 33 heavy (non-hydrogen) atoms. The Bertz CT molecular complexity index is 1540. The van der Waals surface area contributed by atoms with Gasteiger partial charge in [-0.25, -0.2) is 9.51 Å². The smallest absolute Gasteiger partial charge is 0.143 e. The third-order valence-corrected chi connectivity index (χ3v) is 5.92. The summed E-state index contributed by atoms with van der Waals surface area (Å²) in [5.74, 6) is 4.00. The Hall–Kier alpha value is -4.34. The maximum Gasteiger partial charge on any atom is 0.143 e. The lowest BCUT2D eigenvalue weighted by molar-refractivity contribution is 0.413. The van der Waals surface area contributed by atoms with E-state index in [2.05, 4.69) is 37.0 Å². The average molecular weight is 441 g/mol.